The zero-order valence-electron chi connectivity index (χ0n) is 9.34. The number of hydrogen-bond donors (Lipinski definition) is 1. The Balaban J connectivity index is 1.88. The molecule has 0 bridgehead atoms. The Morgan fingerprint density at radius 3 is 2.71 bits per heavy atom. The monoisotopic (exact) mass is 299 g/mol. The van der Waals surface area contributed by atoms with Gasteiger partial charge in [0, 0.05) is 43.4 Å². The highest BCUT2D eigenvalue weighted by atomic mass is 79.9. The van der Waals surface area contributed by atoms with Gasteiger partial charge in [-0.15, -0.1) is 0 Å². The minimum absolute atomic E-state index is 0.573. The second-order valence-corrected chi connectivity index (χ2v) is 4.93. The van der Waals surface area contributed by atoms with E-state index < -0.39 is 6.09 Å². The highest BCUT2D eigenvalue weighted by Crippen LogP contribution is 2.12. The molecule has 0 atom stereocenters. The van der Waals surface area contributed by atoms with E-state index in [9.17, 15) is 4.79 Å². The first-order chi connectivity index (χ1) is 8.15. The quantitative estimate of drug-likeness (QED) is 0.902. The van der Waals surface area contributed by atoms with Crippen molar-refractivity contribution in [3.8, 4) is 0 Å². The number of carboxylic acid groups (broad SMARTS) is 1. The van der Waals surface area contributed by atoms with Gasteiger partial charge in [-0.05, 0) is 12.1 Å². The van der Waals surface area contributed by atoms with Gasteiger partial charge in [0.2, 0.25) is 0 Å². The molecule has 5 nitrogen and oxygen atoms in total. The Labute approximate surface area is 108 Å². The largest absolute Gasteiger partial charge is 0.465 e. The summed E-state index contributed by atoms with van der Waals surface area (Å²) < 4.78 is 1.02. The molecule has 0 aromatic carbocycles. The van der Waals surface area contributed by atoms with Gasteiger partial charge in [-0.3, -0.25) is 9.88 Å². The minimum atomic E-state index is -0.828. The van der Waals surface area contributed by atoms with Crippen molar-refractivity contribution in [3.63, 3.8) is 0 Å². The molecule has 2 rings (SSSR count). The molecule has 1 aromatic heterocycles. The molecular weight excluding hydrogens is 286 g/mol. The zero-order chi connectivity index (χ0) is 12.3. The molecule has 1 aliphatic heterocycles. The fraction of sp³-hybridized carbons (Fsp3) is 0.455. The molecule has 0 radical (unpaired) electrons. The number of halogens is 1. The van der Waals surface area contributed by atoms with Crippen molar-refractivity contribution in [1.82, 2.24) is 14.8 Å². The van der Waals surface area contributed by atoms with Crippen LogP contribution < -0.4 is 0 Å². The Kier molecular flexibility index (Phi) is 3.96. The van der Waals surface area contributed by atoms with Gasteiger partial charge >= 0.3 is 6.09 Å². The molecule has 1 amide bonds. The van der Waals surface area contributed by atoms with E-state index in [-0.39, 0.29) is 0 Å². The van der Waals surface area contributed by atoms with Crippen LogP contribution in [-0.2, 0) is 6.54 Å². The highest BCUT2D eigenvalue weighted by Gasteiger charge is 2.20. The fourth-order valence-corrected chi connectivity index (χ4v) is 2.24. The summed E-state index contributed by atoms with van der Waals surface area (Å²) in [5.74, 6) is 0. The molecule has 0 saturated carbocycles. The number of hydrogen-bond acceptors (Lipinski definition) is 3. The van der Waals surface area contributed by atoms with Crippen LogP contribution in [0.4, 0.5) is 4.79 Å². The molecular formula is C11H14BrN3O2. The first-order valence-electron chi connectivity index (χ1n) is 5.46. The maximum absolute atomic E-state index is 10.8. The Morgan fingerprint density at radius 1 is 1.41 bits per heavy atom. The van der Waals surface area contributed by atoms with E-state index >= 15 is 0 Å². The normalized spacial score (nSPS) is 17.1. The third-order valence-corrected chi connectivity index (χ3v) is 3.30. The number of nitrogens with zero attached hydrogens (tertiary/aromatic N) is 3. The number of carbonyl (C=O) groups is 1. The summed E-state index contributed by atoms with van der Waals surface area (Å²) in [5.41, 5.74) is 1.00. The molecule has 1 saturated heterocycles. The molecule has 0 aliphatic carbocycles. The Hall–Kier alpha value is -1.14. The van der Waals surface area contributed by atoms with Gasteiger partial charge in [0.05, 0.1) is 5.69 Å². The first kappa shape index (κ1) is 12.3. The van der Waals surface area contributed by atoms with Crippen LogP contribution in [0.3, 0.4) is 0 Å². The van der Waals surface area contributed by atoms with Gasteiger partial charge in [0.15, 0.2) is 0 Å². The van der Waals surface area contributed by atoms with Crippen molar-refractivity contribution < 1.29 is 9.90 Å². The highest BCUT2D eigenvalue weighted by molar-refractivity contribution is 9.10. The van der Waals surface area contributed by atoms with Crippen LogP contribution in [0, 0.1) is 0 Å². The van der Waals surface area contributed by atoms with Crippen molar-refractivity contribution >= 4 is 22.0 Å². The molecule has 0 spiro atoms. The lowest BCUT2D eigenvalue weighted by Crippen LogP contribution is -2.47. The lowest BCUT2D eigenvalue weighted by Gasteiger charge is -2.32. The number of rotatable bonds is 2. The number of piperazine rings is 1. The molecule has 1 fully saturated rings. The number of pyridine rings is 1. The topological polar surface area (TPSA) is 56.7 Å². The zero-order valence-corrected chi connectivity index (χ0v) is 10.9. The van der Waals surface area contributed by atoms with Crippen molar-refractivity contribution in [2.75, 3.05) is 26.2 Å². The van der Waals surface area contributed by atoms with E-state index in [1.165, 1.54) is 4.90 Å². The third-order valence-electron chi connectivity index (χ3n) is 2.81. The third kappa shape index (κ3) is 3.41. The molecule has 17 heavy (non-hydrogen) atoms. The van der Waals surface area contributed by atoms with E-state index in [0.29, 0.717) is 13.1 Å². The average Bonchev–Trinajstić information content (AvgIpc) is 2.29. The van der Waals surface area contributed by atoms with Crippen LogP contribution >= 0.6 is 15.9 Å². The van der Waals surface area contributed by atoms with Gasteiger partial charge in [0.25, 0.3) is 0 Å². The van der Waals surface area contributed by atoms with Crippen LogP contribution in [0.5, 0.6) is 0 Å². The fourth-order valence-electron chi connectivity index (χ4n) is 1.86. The molecule has 6 heteroatoms. The van der Waals surface area contributed by atoms with Crippen LogP contribution in [0.1, 0.15) is 5.69 Å². The maximum atomic E-state index is 10.8. The lowest BCUT2D eigenvalue weighted by atomic mass is 10.3. The van der Waals surface area contributed by atoms with Crippen molar-refractivity contribution in [2.24, 2.45) is 0 Å². The summed E-state index contributed by atoms with van der Waals surface area (Å²) in [6, 6.07) is 3.88. The second kappa shape index (κ2) is 5.46. The van der Waals surface area contributed by atoms with Gasteiger partial charge in [0.1, 0.15) is 0 Å². The SMILES string of the molecule is O=C(O)N1CCN(Cc2cc(Br)ccn2)CC1. The maximum Gasteiger partial charge on any atom is 0.407 e. The first-order valence-corrected chi connectivity index (χ1v) is 6.25. The van der Waals surface area contributed by atoms with Crippen molar-refractivity contribution in [1.29, 1.82) is 0 Å². The van der Waals surface area contributed by atoms with Gasteiger partial charge in [-0.25, -0.2) is 4.79 Å². The van der Waals surface area contributed by atoms with E-state index in [1.54, 1.807) is 6.20 Å². The Bertz CT molecular complexity index is 405. The molecule has 2 heterocycles. The van der Waals surface area contributed by atoms with Crippen molar-refractivity contribution in [3.05, 3.63) is 28.5 Å². The molecule has 1 aromatic rings. The van der Waals surface area contributed by atoms with E-state index in [2.05, 4.69) is 25.8 Å². The Morgan fingerprint density at radius 2 is 2.12 bits per heavy atom. The number of aromatic nitrogens is 1. The summed E-state index contributed by atoms with van der Waals surface area (Å²) in [7, 11) is 0. The van der Waals surface area contributed by atoms with Crippen LogP contribution in [0.25, 0.3) is 0 Å². The van der Waals surface area contributed by atoms with E-state index in [1.807, 2.05) is 12.1 Å². The molecule has 1 aliphatic rings. The van der Waals surface area contributed by atoms with E-state index in [4.69, 9.17) is 5.11 Å². The van der Waals surface area contributed by atoms with Crippen LogP contribution in [0.2, 0.25) is 0 Å². The minimum Gasteiger partial charge on any atom is -0.465 e. The lowest BCUT2D eigenvalue weighted by molar-refractivity contribution is 0.102. The van der Waals surface area contributed by atoms with Crippen LogP contribution in [0.15, 0.2) is 22.8 Å². The summed E-state index contributed by atoms with van der Waals surface area (Å²) in [6.07, 6.45) is 0.942. The van der Waals surface area contributed by atoms with Gasteiger partial charge < -0.3 is 10.0 Å². The predicted molar refractivity (Wildman–Crippen MR) is 66.8 cm³/mol. The summed E-state index contributed by atoms with van der Waals surface area (Å²) in [6.45, 7) is 3.44. The second-order valence-electron chi connectivity index (χ2n) is 4.01. The number of amides is 1. The summed E-state index contributed by atoms with van der Waals surface area (Å²) in [5, 5.41) is 8.84. The van der Waals surface area contributed by atoms with Gasteiger partial charge in [-0.1, -0.05) is 15.9 Å². The molecule has 0 unspecified atom stereocenters. The predicted octanol–water partition coefficient (Wildman–Crippen LogP) is 1.64. The van der Waals surface area contributed by atoms with E-state index in [0.717, 1.165) is 29.8 Å². The summed E-state index contributed by atoms with van der Waals surface area (Å²) >= 11 is 3.41. The van der Waals surface area contributed by atoms with Gasteiger partial charge in [-0.2, -0.15) is 0 Å². The van der Waals surface area contributed by atoms with Crippen LogP contribution in [-0.4, -0.2) is 52.2 Å². The van der Waals surface area contributed by atoms with Crippen molar-refractivity contribution in [2.45, 2.75) is 6.54 Å². The average molecular weight is 300 g/mol. The smallest absolute Gasteiger partial charge is 0.407 e. The summed E-state index contributed by atoms with van der Waals surface area (Å²) in [4.78, 5) is 18.7. The standard InChI is InChI=1S/C11H14BrN3O2/c12-9-1-2-13-10(7-9)8-14-3-5-15(6-4-14)11(16)17/h1-2,7H,3-6,8H2,(H,16,17). The molecule has 1 N–H and O–H groups in total. The molecule has 92 valence electrons.